The summed E-state index contributed by atoms with van der Waals surface area (Å²) in [5.74, 6) is 0. The number of halogens is 2. The molecule has 86 valence electrons. The first kappa shape index (κ1) is 12.2. The highest BCUT2D eigenvalue weighted by Crippen LogP contribution is 2.23. The normalized spacial score (nSPS) is 11.0. The fourth-order valence-electron chi connectivity index (χ4n) is 1.49. The van der Waals surface area contributed by atoms with Crippen LogP contribution in [0.3, 0.4) is 0 Å². The smallest absolute Gasteiger partial charge is 0.0598 e. The maximum atomic E-state index is 5.95. The second kappa shape index (κ2) is 5.39. The van der Waals surface area contributed by atoms with Crippen molar-refractivity contribution in [1.29, 1.82) is 0 Å². The van der Waals surface area contributed by atoms with Gasteiger partial charge in [-0.25, -0.2) is 0 Å². The van der Waals surface area contributed by atoms with Crippen LogP contribution in [0.1, 0.15) is 16.7 Å². The van der Waals surface area contributed by atoms with Gasteiger partial charge in [-0.15, -0.1) is 0 Å². The van der Waals surface area contributed by atoms with Gasteiger partial charge in [0.25, 0.3) is 0 Å². The average Bonchev–Trinajstić information content (AvgIpc) is 2.33. The van der Waals surface area contributed by atoms with Gasteiger partial charge in [-0.05, 0) is 30.2 Å². The Kier molecular flexibility index (Phi) is 3.88. The number of rotatable bonds is 2. The van der Waals surface area contributed by atoms with Crippen LogP contribution in [0.5, 0.6) is 0 Å². The third kappa shape index (κ3) is 3.36. The molecule has 0 aromatic heterocycles. The molecule has 2 heteroatoms. The van der Waals surface area contributed by atoms with E-state index < -0.39 is 0 Å². The number of hydrogen-bond donors (Lipinski definition) is 0. The van der Waals surface area contributed by atoms with Crippen LogP contribution in [0.25, 0.3) is 12.2 Å². The van der Waals surface area contributed by atoms with Crippen molar-refractivity contribution in [2.45, 2.75) is 6.92 Å². The van der Waals surface area contributed by atoms with E-state index in [-0.39, 0.29) is 0 Å². The molecule has 0 fully saturated rings. The average molecular weight is 263 g/mol. The van der Waals surface area contributed by atoms with Crippen LogP contribution in [-0.4, -0.2) is 0 Å². The lowest BCUT2D eigenvalue weighted by atomic mass is 10.1. The highest BCUT2D eigenvalue weighted by atomic mass is 35.5. The molecule has 0 aliphatic carbocycles. The predicted octanol–water partition coefficient (Wildman–Crippen LogP) is 5.47. The number of benzene rings is 2. The maximum absolute atomic E-state index is 5.95. The van der Waals surface area contributed by atoms with Gasteiger partial charge in [0, 0.05) is 0 Å². The van der Waals surface area contributed by atoms with E-state index in [2.05, 4.69) is 37.3 Å². The summed E-state index contributed by atoms with van der Waals surface area (Å²) in [5.41, 5.74) is 3.47. The van der Waals surface area contributed by atoms with Crippen molar-refractivity contribution in [2.75, 3.05) is 0 Å². The molecule has 0 saturated heterocycles. The molecule has 0 N–H and O–H groups in total. The lowest BCUT2D eigenvalue weighted by Gasteiger charge is -1.98. The number of aryl methyl sites for hydroxylation is 1. The first-order valence-corrected chi connectivity index (χ1v) is 6.10. The SMILES string of the molecule is Cc1ccc(/C=C\c2ccc(Cl)c(Cl)c2)cc1. The van der Waals surface area contributed by atoms with Crippen molar-refractivity contribution in [2.24, 2.45) is 0 Å². The summed E-state index contributed by atoms with van der Waals surface area (Å²) in [5, 5.41) is 1.16. The van der Waals surface area contributed by atoms with E-state index in [0.717, 1.165) is 5.56 Å². The quantitative estimate of drug-likeness (QED) is 0.630. The zero-order valence-electron chi connectivity index (χ0n) is 9.45. The van der Waals surface area contributed by atoms with Gasteiger partial charge in [0.2, 0.25) is 0 Å². The zero-order valence-corrected chi connectivity index (χ0v) is 11.0. The Morgan fingerprint density at radius 1 is 0.765 bits per heavy atom. The van der Waals surface area contributed by atoms with E-state index in [4.69, 9.17) is 23.2 Å². The summed E-state index contributed by atoms with van der Waals surface area (Å²) in [7, 11) is 0. The highest BCUT2D eigenvalue weighted by molar-refractivity contribution is 6.42. The minimum Gasteiger partial charge on any atom is -0.0827 e. The van der Waals surface area contributed by atoms with Crippen LogP contribution >= 0.6 is 23.2 Å². The fourth-order valence-corrected chi connectivity index (χ4v) is 1.79. The van der Waals surface area contributed by atoms with E-state index in [1.165, 1.54) is 11.1 Å². The Bertz CT molecular complexity index is 539. The Labute approximate surface area is 112 Å². The van der Waals surface area contributed by atoms with Crippen LogP contribution in [-0.2, 0) is 0 Å². The van der Waals surface area contributed by atoms with E-state index in [9.17, 15) is 0 Å². The first-order valence-electron chi connectivity index (χ1n) is 5.35. The molecule has 0 amide bonds. The Morgan fingerprint density at radius 2 is 1.35 bits per heavy atom. The Morgan fingerprint density at radius 3 is 2.00 bits per heavy atom. The summed E-state index contributed by atoms with van der Waals surface area (Å²) in [4.78, 5) is 0. The van der Waals surface area contributed by atoms with Gasteiger partial charge < -0.3 is 0 Å². The standard InChI is InChI=1S/C15H12Cl2/c1-11-2-4-12(5-3-11)6-7-13-8-9-14(16)15(17)10-13/h2-10H,1H3/b7-6-. The summed E-state index contributed by atoms with van der Waals surface area (Å²) in [6, 6.07) is 14.0. The molecule has 0 aliphatic rings. The summed E-state index contributed by atoms with van der Waals surface area (Å²) >= 11 is 11.8. The molecular formula is C15H12Cl2. The fraction of sp³-hybridized carbons (Fsp3) is 0.0667. The molecule has 0 nitrogen and oxygen atoms in total. The third-order valence-electron chi connectivity index (χ3n) is 2.49. The molecule has 0 aliphatic heterocycles. The van der Waals surface area contributed by atoms with Crippen molar-refractivity contribution >= 4 is 35.4 Å². The maximum Gasteiger partial charge on any atom is 0.0598 e. The minimum absolute atomic E-state index is 0.581. The second-order valence-corrected chi connectivity index (χ2v) is 4.73. The molecule has 2 aromatic rings. The van der Waals surface area contributed by atoms with Crippen LogP contribution in [0.15, 0.2) is 42.5 Å². The molecule has 2 aromatic carbocycles. The molecule has 0 heterocycles. The van der Waals surface area contributed by atoms with Gasteiger partial charge >= 0.3 is 0 Å². The van der Waals surface area contributed by atoms with Crippen molar-refractivity contribution in [3.8, 4) is 0 Å². The molecule has 0 spiro atoms. The van der Waals surface area contributed by atoms with Gasteiger partial charge in [0.1, 0.15) is 0 Å². The number of hydrogen-bond acceptors (Lipinski definition) is 0. The van der Waals surface area contributed by atoms with Gasteiger partial charge in [-0.1, -0.05) is 71.2 Å². The monoisotopic (exact) mass is 262 g/mol. The second-order valence-electron chi connectivity index (χ2n) is 3.92. The predicted molar refractivity (Wildman–Crippen MR) is 76.6 cm³/mol. The molecule has 0 radical (unpaired) electrons. The Hall–Kier alpha value is -1.24. The van der Waals surface area contributed by atoms with Gasteiger partial charge in [0.15, 0.2) is 0 Å². The molecule has 0 unspecified atom stereocenters. The van der Waals surface area contributed by atoms with E-state index in [0.29, 0.717) is 10.0 Å². The van der Waals surface area contributed by atoms with Crippen LogP contribution in [0, 0.1) is 6.92 Å². The molecule has 0 bridgehead atoms. The summed E-state index contributed by atoms with van der Waals surface area (Å²) in [6.07, 6.45) is 4.08. The van der Waals surface area contributed by atoms with Crippen LogP contribution in [0.4, 0.5) is 0 Å². The van der Waals surface area contributed by atoms with E-state index >= 15 is 0 Å². The third-order valence-corrected chi connectivity index (χ3v) is 3.23. The summed E-state index contributed by atoms with van der Waals surface area (Å²) in [6.45, 7) is 2.08. The van der Waals surface area contributed by atoms with Gasteiger partial charge in [-0.3, -0.25) is 0 Å². The topological polar surface area (TPSA) is 0 Å². The lowest BCUT2D eigenvalue weighted by Crippen LogP contribution is -1.75. The van der Waals surface area contributed by atoms with E-state index in [1.807, 2.05) is 18.2 Å². The molecule has 2 rings (SSSR count). The van der Waals surface area contributed by atoms with Crippen molar-refractivity contribution < 1.29 is 0 Å². The van der Waals surface area contributed by atoms with Crippen molar-refractivity contribution in [3.05, 3.63) is 69.2 Å². The molecule has 0 atom stereocenters. The van der Waals surface area contributed by atoms with Gasteiger partial charge in [0.05, 0.1) is 10.0 Å². The molecule has 17 heavy (non-hydrogen) atoms. The van der Waals surface area contributed by atoms with Gasteiger partial charge in [-0.2, -0.15) is 0 Å². The van der Waals surface area contributed by atoms with Crippen molar-refractivity contribution in [1.82, 2.24) is 0 Å². The van der Waals surface area contributed by atoms with Crippen LogP contribution in [0.2, 0.25) is 10.0 Å². The highest BCUT2D eigenvalue weighted by Gasteiger charge is 1.96. The van der Waals surface area contributed by atoms with Crippen LogP contribution < -0.4 is 0 Å². The Balaban J connectivity index is 2.20. The lowest BCUT2D eigenvalue weighted by molar-refractivity contribution is 1.46. The van der Waals surface area contributed by atoms with E-state index in [1.54, 1.807) is 6.07 Å². The minimum atomic E-state index is 0.581. The molecule has 0 saturated carbocycles. The largest absolute Gasteiger partial charge is 0.0827 e. The van der Waals surface area contributed by atoms with Crippen molar-refractivity contribution in [3.63, 3.8) is 0 Å². The first-order chi connectivity index (χ1) is 8.15. The summed E-state index contributed by atoms with van der Waals surface area (Å²) < 4.78 is 0. The zero-order chi connectivity index (χ0) is 12.3. The molecular weight excluding hydrogens is 251 g/mol.